The molecule has 0 aliphatic carbocycles. The average Bonchev–Trinajstić information content (AvgIpc) is 3.08. The molecule has 0 saturated carbocycles. The second-order valence-electron chi connectivity index (χ2n) is 5.39. The fourth-order valence-corrected chi connectivity index (χ4v) is 3.20. The first kappa shape index (κ1) is 15.6. The number of rotatable bonds is 4. The number of nitrogens with one attached hydrogen (secondary N) is 2. The van der Waals surface area contributed by atoms with Crippen LogP contribution in [-0.4, -0.2) is 56.6 Å². The highest BCUT2D eigenvalue weighted by atomic mass is 32.2. The highest BCUT2D eigenvalue weighted by molar-refractivity contribution is 7.88. The SMILES string of the molecule is Cc1n[nH]nc1C(=O)NCc1cc2n(n1)CCN(S(C)(=O)=O)C2. The highest BCUT2D eigenvalue weighted by Gasteiger charge is 2.24. The first-order valence-electron chi connectivity index (χ1n) is 7.01. The van der Waals surface area contributed by atoms with Crippen LogP contribution >= 0.6 is 0 Å². The maximum atomic E-state index is 12.0. The molecule has 0 bridgehead atoms. The fourth-order valence-electron chi connectivity index (χ4n) is 2.42. The number of amides is 1. The summed E-state index contributed by atoms with van der Waals surface area (Å²) in [7, 11) is -3.22. The molecule has 0 saturated heterocycles. The van der Waals surface area contributed by atoms with Gasteiger partial charge in [-0.2, -0.15) is 24.8 Å². The molecule has 23 heavy (non-hydrogen) atoms. The minimum atomic E-state index is -3.22. The van der Waals surface area contributed by atoms with Crippen LogP contribution in [0.15, 0.2) is 6.07 Å². The van der Waals surface area contributed by atoms with E-state index in [0.717, 1.165) is 5.69 Å². The van der Waals surface area contributed by atoms with Crippen LogP contribution in [0.2, 0.25) is 0 Å². The van der Waals surface area contributed by atoms with E-state index in [9.17, 15) is 13.2 Å². The van der Waals surface area contributed by atoms with Crippen molar-refractivity contribution in [3.63, 3.8) is 0 Å². The normalized spacial score (nSPS) is 15.4. The summed E-state index contributed by atoms with van der Waals surface area (Å²) < 4.78 is 26.4. The van der Waals surface area contributed by atoms with Gasteiger partial charge in [-0.3, -0.25) is 9.48 Å². The Bertz CT molecular complexity index is 839. The summed E-state index contributed by atoms with van der Waals surface area (Å²) >= 11 is 0. The lowest BCUT2D eigenvalue weighted by molar-refractivity contribution is 0.0944. The standard InChI is InChI=1S/C12H17N7O3S/c1-8-11(15-17-14-8)12(20)13-6-9-5-10-7-18(23(2,21)22)3-4-19(10)16-9/h5H,3-4,6-7H2,1-2H3,(H,13,20)(H,14,15,17). The molecule has 0 unspecified atom stereocenters. The molecule has 0 fully saturated rings. The van der Waals surface area contributed by atoms with Crippen molar-refractivity contribution < 1.29 is 13.2 Å². The predicted octanol–water partition coefficient (Wildman–Crippen LogP) is -0.985. The number of fused-ring (bicyclic) bond motifs is 1. The molecule has 10 nitrogen and oxygen atoms in total. The van der Waals surface area contributed by atoms with Crippen molar-refractivity contribution >= 4 is 15.9 Å². The van der Waals surface area contributed by atoms with Crippen molar-refractivity contribution in [3.8, 4) is 0 Å². The minimum Gasteiger partial charge on any atom is -0.345 e. The van der Waals surface area contributed by atoms with Gasteiger partial charge < -0.3 is 5.32 Å². The van der Waals surface area contributed by atoms with E-state index in [-0.39, 0.29) is 18.1 Å². The Hall–Kier alpha value is -2.27. The molecule has 0 atom stereocenters. The van der Waals surface area contributed by atoms with Gasteiger partial charge in [0.1, 0.15) is 0 Å². The van der Waals surface area contributed by atoms with Crippen molar-refractivity contribution in [2.75, 3.05) is 12.8 Å². The highest BCUT2D eigenvalue weighted by Crippen LogP contribution is 2.16. The number of nitrogens with zero attached hydrogens (tertiary/aromatic N) is 5. The zero-order valence-corrected chi connectivity index (χ0v) is 13.6. The molecule has 0 aromatic carbocycles. The van der Waals surface area contributed by atoms with Crippen LogP contribution in [0.3, 0.4) is 0 Å². The maximum absolute atomic E-state index is 12.0. The Morgan fingerprint density at radius 2 is 2.17 bits per heavy atom. The van der Waals surface area contributed by atoms with E-state index in [0.29, 0.717) is 31.0 Å². The third-order valence-corrected chi connectivity index (χ3v) is 4.90. The monoisotopic (exact) mass is 339 g/mol. The zero-order chi connectivity index (χ0) is 16.6. The second kappa shape index (κ2) is 5.74. The van der Waals surface area contributed by atoms with Gasteiger partial charge in [0.25, 0.3) is 5.91 Å². The van der Waals surface area contributed by atoms with E-state index in [2.05, 4.69) is 25.8 Å². The smallest absolute Gasteiger partial charge is 0.274 e. The lowest BCUT2D eigenvalue weighted by Crippen LogP contribution is -2.37. The summed E-state index contributed by atoms with van der Waals surface area (Å²) in [6.45, 7) is 3.12. The largest absolute Gasteiger partial charge is 0.345 e. The molecule has 1 amide bonds. The van der Waals surface area contributed by atoms with Crippen molar-refractivity contribution in [2.24, 2.45) is 0 Å². The van der Waals surface area contributed by atoms with Gasteiger partial charge in [-0.05, 0) is 13.0 Å². The maximum Gasteiger partial charge on any atom is 0.274 e. The Morgan fingerprint density at radius 1 is 1.39 bits per heavy atom. The summed E-state index contributed by atoms with van der Waals surface area (Å²) in [5.41, 5.74) is 2.25. The Balaban J connectivity index is 1.66. The number of aryl methyl sites for hydroxylation is 1. The Kier molecular flexibility index (Phi) is 3.90. The van der Waals surface area contributed by atoms with E-state index in [1.165, 1.54) is 10.6 Å². The van der Waals surface area contributed by atoms with E-state index in [4.69, 9.17) is 0 Å². The van der Waals surface area contributed by atoms with Gasteiger partial charge in [0.15, 0.2) is 5.69 Å². The van der Waals surface area contributed by atoms with Gasteiger partial charge >= 0.3 is 0 Å². The van der Waals surface area contributed by atoms with Crippen LogP contribution in [0.25, 0.3) is 0 Å². The molecule has 11 heteroatoms. The quantitative estimate of drug-likeness (QED) is 0.737. The molecule has 3 rings (SSSR count). The van der Waals surface area contributed by atoms with Gasteiger partial charge in [-0.1, -0.05) is 0 Å². The molecule has 2 aromatic heterocycles. The van der Waals surface area contributed by atoms with Gasteiger partial charge in [0.2, 0.25) is 10.0 Å². The van der Waals surface area contributed by atoms with Crippen molar-refractivity contribution in [1.29, 1.82) is 0 Å². The molecular formula is C12H17N7O3S. The number of hydrogen-bond acceptors (Lipinski definition) is 6. The summed E-state index contributed by atoms with van der Waals surface area (Å²) in [5.74, 6) is -0.333. The molecule has 0 spiro atoms. The molecule has 124 valence electrons. The average molecular weight is 339 g/mol. The molecule has 1 aliphatic rings. The lowest BCUT2D eigenvalue weighted by atomic mass is 10.3. The summed E-state index contributed by atoms with van der Waals surface area (Å²) in [6, 6.07) is 1.80. The molecule has 0 radical (unpaired) electrons. The van der Waals surface area contributed by atoms with Gasteiger partial charge in [-0.25, -0.2) is 8.42 Å². The number of carbonyl (C=O) groups excluding carboxylic acids is 1. The zero-order valence-electron chi connectivity index (χ0n) is 12.8. The first-order chi connectivity index (χ1) is 10.8. The molecule has 2 N–H and O–H groups in total. The fraction of sp³-hybridized carbons (Fsp3) is 0.500. The number of aromatic nitrogens is 5. The van der Waals surface area contributed by atoms with E-state index in [1.807, 2.05) is 0 Å². The van der Waals surface area contributed by atoms with E-state index in [1.54, 1.807) is 17.7 Å². The molecule has 1 aliphatic heterocycles. The summed E-state index contributed by atoms with van der Waals surface area (Å²) in [6.07, 6.45) is 1.19. The van der Waals surface area contributed by atoms with E-state index < -0.39 is 10.0 Å². The topological polar surface area (TPSA) is 126 Å². The van der Waals surface area contributed by atoms with Gasteiger partial charge in [0, 0.05) is 6.54 Å². The Labute approximate surface area is 132 Å². The van der Waals surface area contributed by atoms with Crippen LogP contribution in [0, 0.1) is 6.92 Å². The van der Waals surface area contributed by atoms with Crippen molar-refractivity contribution in [1.82, 2.24) is 34.8 Å². The molecule has 2 aromatic rings. The summed E-state index contributed by atoms with van der Waals surface area (Å²) in [4.78, 5) is 12.0. The van der Waals surface area contributed by atoms with Crippen LogP contribution < -0.4 is 5.32 Å². The first-order valence-corrected chi connectivity index (χ1v) is 8.85. The minimum absolute atomic E-state index is 0.240. The number of sulfonamides is 1. The Morgan fingerprint density at radius 3 is 2.83 bits per heavy atom. The van der Waals surface area contributed by atoms with Crippen molar-refractivity contribution in [2.45, 2.75) is 26.6 Å². The number of hydrogen-bond donors (Lipinski definition) is 2. The number of carbonyl (C=O) groups is 1. The third kappa shape index (κ3) is 3.24. The second-order valence-corrected chi connectivity index (χ2v) is 7.37. The van der Waals surface area contributed by atoms with Crippen LogP contribution in [0.5, 0.6) is 0 Å². The lowest BCUT2D eigenvalue weighted by Gasteiger charge is -2.25. The number of H-pyrrole nitrogens is 1. The van der Waals surface area contributed by atoms with E-state index >= 15 is 0 Å². The predicted molar refractivity (Wildman–Crippen MR) is 79.8 cm³/mol. The molecular weight excluding hydrogens is 322 g/mol. The van der Waals surface area contributed by atoms with Gasteiger partial charge in [-0.15, -0.1) is 0 Å². The van der Waals surface area contributed by atoms with Crippen molar-refractivity contribution in [3.05, 3.63) is 28.8 Å². The number of aromatic amines is 1. The van der Waals surface area contributed by atoms with Crippen LogP contribution in [0.4, 0.5) is 0 Å². The van der Waals surface area contributed by atoms with Crippen LogP contribution in [-0.2, 0) is 29.7 Å². The third-order valence-electron chi connectivity index (χ3n) is 3.65. The molecule has 3 heterocycles. The van der Waals surface area contributed by atoms with Gasteiger partial charge in [0.05, 0.1) is 43.0 Å². The summed E-state index contributed by atoms with van der Waals surface area (Å²) in [5, 5.41) is 17.1. The van der Waals surface area contributed by atoms with Crippen LogP contribution in [0.1, 0.15) is 27.6 Å².